The standard InChI is InChI=1S/C20H26Cl2N4O3/c1-2-29-20(28)10-14-4-3-8-25(12-14)13-19(27)23-18-7-9-26(24-18)15-5-6-16(21)17(22)11-15/h5-6,11,14H,2-4,7-10,12-13H2,1H3,(H,23,24,27)/t14-/m1/s1. The third-order valence-corrected chi connectivity index (χ3v) is 5.76. The van der Waals surface area contributed by atoms with Crippen LogP contribution in [0.4, 0.5) is 5.69 Å². The maximum Gasteiger partial charge on any atom is 0.306 e. The number of amidine groups is 1. The van der Waals surface area contributed by atoms with Gasteiger partial charge in [0.1, 0.15) is 5.84 Å². The van der Waals surface area contributed by atoms with Crippen LogP contribution >= 0.6 is 23.2 Å². The minimum atomic E-state index is -0.161. The summed E-state index contributed by atoms with van der Waals surface area (Å²) in [5, 5.41) is 10.1. The average Bonchev–Trinajstić information content (AvgIpc) is 3.12. The molecule has 158 valence electrons. The van der Waals surface area contributed by atoms with Crippen LogP contribution in [0.1, 0.15) is 32.6 Å². The Morgan fingerprint density at radius 1 is 1.28 bits per heavy atom. The zero-order chi connectivity index (χ0) is 20.8. The molecule has 1 amide bonds. The molecule has 2 aliphatic rings. The molecule has 0 aromatic heterocycles. The van der Waals surface area contributed by atoms with Crippen LogP contribution in [0.2, 0.25) is 10.0 Å². The molecule has 1 aromatic carbocycles. The van der Waals surface area contributed by atoms with Gasteiger partial charge >= 0.3 is 5.97 Å². The molecular formula is C20H26Cl2N4O3. The van der Waals surface area contributed by atoms with Crippen molar-refractivity contribution in [1.29, 1.82) is 0 Å². The zero-order valence-corrected chi connectivity index (χ0v) is 18.0. The quantitative estimate of drug-likeness (QED) is 0.686. The van der Waals surface area contributed by atoms with Crippen LogP contribution < -0.4 is 10.3 Å². The van der Waals surface area contributed by atoms with Gasteiger partial charge in [-0.05, 0) is 50.4 Å². The van der Waals surface area contributed by atoms with Gasteiger partial charge < -0.3 is 10.1 Å². The number of esters is 1. The molecule has 0 saturated carbocycles. The highest BCUT2D eigenvalue weighted by molar-refractivity contribution is 6.42. The van der Waals surface area contributed by atoms with Crippen LogP contribution in [-0.4, -0.2) is 55.4 Å². The molecule has 1 N–H and O–H groups in total. The monoisotopic (exact) mass is 440 g/mol. The largest absolute Gasteiger partial charge is 0.466 e. The number of nitrogens with one attached hydrogen (secondary N) is 1. The maximum atomic E-state index is 12.5. The fraction of sp³-hybridized carbons (Fsp3) is 0.550. The number of rotatable bonds is 6. The average molecular weight is 441 g/mol. The number of nitrogens with zero attached hydrogens (tertiary/aromatic N) is 3. The summed E-state index contributed by atoms with van der Waals surface area (Å²) in [6.07, 6.45) is 3.03. The first-order valence-corrected chi connectivity index (χ1v) is 10.7. The topological polar surface area (TPSA) is 74.2 Å². The van der Waals surface area contributed by atoms with Gasteiger partial charge in [-0.3, -0.25) is 19.5 Å². The molecule has 1 fully saturated rings. The molecule has 0 bridgehead atoms. The van der Waals surface area contributed by atoms with Crippen molar-refractivity contribution in [3.63, 3.8) is 0 Å². The van der Waals surface area contributed by atoms with E-state index in [2.05, 4.69) is 15.3 Å². The molecule has 7 nitrogen and oxygen atoms in total. The van der Waals surface area contributed by atoms with Crippen molar-refractivity contribution in [2.45, 2.75) is 32.6 Å². The third-order valence-electron chi connectivity index (χ3n) is 5.02. The van der Waals surface area contributed by atoms with E-state index >= 15 is 0 Å². The lowest BCUT2D eigenvalue weighted by Gasteiger charge is -2.31. The summed E-state index contributed by atoms with van der Waals surface area (Å²) in [6, 6.07) is 5.34. The van der Waals surface area contributed by atoms with Gasteiger partial charge in [-0.1, -0.05) is 23.2 Å². The molecule has 2 heterocycles. The van der Waals surface area contributed by atoms with E-state index in [9.17, 15) is 9.59 Å². The van der Waals surface area contributed by atoms with Crippen molar-refractivity contribution in [3.8, 4) is 0 Å². The Balaban J connectivity index is 1.49. The van der Waals surface area contributed by atoms with Crippen LogP contribution in [-0.2, 0) is 14.3 Å². The van der Waals surface area contributed by atoms with Crippen molar-refractivity contribution in [2.75, 3.05) is 37.8 Å². The number of carbonyl (C=O) groups is 2. The Hall–Kier alpha value is -1.83. The van der Waals surface area contributed by atoms with Crippen molar-refractivity contribution < 1.29 is 14.3 Å². The highest BCUT2D eigenvalue weighted by Crippen LogP contribution is 2.28. The number of likely N-dealkylation sites (tertiary alicyclic amines) is 1. The van der Waals surface area contributed by atoms with E-state index < -0.39 is 0 Å². The van der Waals surface area contributed by atoms with Crippen molar-refractivity contribution >= 4 is 46.6 Å². The van der Waals surface area contributed by atoms with Gasteiger partial charge in [-0.25, -0.2) is 0 Å². The van der Waals surface area contributed by atoms with E-state index in [0.717, 1.165) is 31.6 Å². The fourth-order valence-electron chi connectivity index (χ4n) is 3.70. The Morgan fingerprint density at radius 3 is 2.86 bits per heavy atom. The molecule has 0 spiro atoms. The number of amides is 1. The minimum Gasteiger partial charge on any atom is -0.466 e. The summed E-state index contributed by atoms with van der Waals surface area (Å²) in [7, 11) is 0. The second-order valence-corrected chi connectivity index (χ2v) is 8.13. The molecule has 1 atom stereocenters. The first-order chi connectivity index (χ1) is 13.9. The molecule has 0 radical (unpaired) electrons. The number of hydrazone groups is 1. The SMILES string of the molecule is CCOC(=O)C[C@H]1CCCN(CC(=O)NC2=NN(c3ccc(Cl)c(Cl)c3)CC2)C1. The van der Waals surface area contributed by atoms with Crippen molar-refractivity contribution in [2.24, 2.45) is 11.0 Å². The minimum absolute atomic E-state index is 0.0866. The lowest BCUT2D eigenvalue weighted by atomic mass is 9.95. The third kappa shape index (κ3) is 6.32. The van der Waals surface area contributed by atoms with E-state index in [1.807, 2.05) is 13.0 Å². The van der Waals surface area contributed by atoms with Crippen LogP contribution in [0.25, 0.3) is 0 Å². The number of benzene rings is 1. The summed E-state index contributed by atoms with van der Waals surface area (Å²) >= 11 is 12.0. The number of piperidine rings is 1. The molecular weight excluding hydrogens is 415 g/mol. The molecule has 0 aliphatic carbocycles. The lowest BCUT2D eigenvalue weighted by molar-refractivity contribution is -0.144. The predicted molar refractivity (Wildman–Crippen MR) is 114 cm³/mol. The van der Waals surface area contributed by atoms with Gasteiger partial charge in [0, 0.05) is 25.9 Å². The Labute approximate surface area is 181 Å². The smallest absolute Gasteiger partial charge is 0.306 e. The van der Waals surface area contributed by atoms with E-state index in [0.29, 0.717) is 48.4 Å². The molecule has 1 saturated heterocycles. The van der Waals surface area contributed by atoms with Gasteiger partial charge in [0.05, 0.1) is 28.9 Å². The van der Waals surface area contributed by atoms with Gasteiger partial charge in [-0.15, -0.1) is 0 Å². The number of hydrogen-bond acceptors (Lipinski definition) is 6. The zero-order valence-electron chi connectivity index (χ0n) is 16.5. The van der Waals surface area contributed by atoms with Crippen LogP contribution in [0.5, 0.6) is 0 Å². The van der Waals surface area contributed by atoms with Gasteiger partial charge in [0.25, 0.3) is 0 Å². The molecule has 0 unspecified atom stereocenters. The molecule has 3 rings (SSSR count). The Bertz CT molecular complexity index is 787. The summed E-state index contributed by atoms with van der Waals surface area (Å²) in [6.45, 7) is 4.76. The van der Waals surface area contributed by atoms with Crippen LogP contribution in [0.3, 0.4) is 0 Å². The van der Waals surface area contributed by atoms with Crippen molar-refractivity contribution in [3.05, 3.63) is 28.2 Å². The van der Waals surface area contributed by atoms with Gasteiger partial charge in [0.2, 0.25) is 5.91 Å². The number of ether oxygens (including phenoxy) is 1. The first kappa shape index (κ1) is 21.9. The maximum absolute atomic E-state index is 12.5. The molecule has 1 aromatic rings. The predicted octanol–water partition coefficient (Wildman–Crippen LogP) is 3.30. The summed E-state index contributed by atoms with van der Waals surface area (Å²) in [5.74, 6) is 0.633. The molecule has 29 heavy (non-hydrogen) atoms. The normalized spacial score (nSPS) is 19.8. The van der Waals surface area contributed by atoms with Crippen LogP contribution in [0.15, 0.2) is 23.3 Å². The fourth-order valence-corrected chi connectivity index (χ4v) is 3.99. The number of anilines is 1. The molecule has 2 aliphatic heterocycles. The van der Waals surface area contributed by atoms with E-state index in [1.165, 1.54) is 0 Å². The summed E-state index contributed by atoms with van der Waals surface area (Å²) in [5.41, 5.74) is 0.835. The number of carbonyl (C=O) groups excluding carboxylic acids is 2. The van der Waals surface area contributed by atoms with E-state index in [4.69, 9.17) is 27.9 Å². The summed E-state index contributed by atoms with van der Waals surface area (Å²) < 4.78 is 5.04. The number of hydrogen-bond donors (Lipinski definition) is 1. The Morgan fingerprint density at radius 2 is 2.10 bits per heavy atom. The first-order valence-electron chi connectivity index (χ1n) is 9.92. The van der Waals surface area contributed by atoms with E-state index in [-0.39, 0.29) is 17.8 Å². The van der Waals surface area contributed by atoms with Gasteiger partial charge in [0.15, 0.2) is 0 Å². The second-order valence-electron chi connectivity index (χ2n) is 7.32. The Kier molecular flexibility index (Phi) is 7.75. The molecule has 9 heteroatoms. The van der Waals surface area contributed by atoms with Gasteiger partial charge in [-0.2, -0.15) is 5.10 Å². The number of halogens is 2. The van der Waals surface area contributed by atoms with Crippen LogP contribution in [0, 0.1) is 5.92 Å². The highest BCUT2D eigenvalue weighted by atomic mass is 35.5. The summed E-state index contributed by atoms with van der Waals surface area (Å²) in [4.78, 5) is 26.3. The van der Waals surface area contributed by atoms with Crippen molar-refractivity contribution in [1.82, 2.24) is 10.2 Å². The van der Waals surface area contributed by atoms with E-state index in [1.54, 1.807) is 17.1 Å². The lowest BCUT2D eigenvalue weighted by Crippen LogP contribution is -2.44. The highest BCUT2D eigenvalue weighted by Gasteiger charge is 2.25. The second kappa shape index (κ2) is 10.3.